The highest BCUT2D eigenvalue weighted by Gasteiger charge is 2.70. The monoisotopic (exact) mass is 740 g/mol. The predicted molar refractivity (Wildman–Crippen MR) is 208 cm³/mol. The average Bonchev–Trinajstić information content (AvgIpc) is 3.45. The second kappa shape index (κ2) is 13.3. The molecule has 1 N–H and O–H groups in total. The number of carbonyl (C=O) groups excluding carboxylic acids is 1. The topological polar surface area (TPSA) is 75.7 Å². The largest absolute Gasteiger partial charge is 0.430 e. The van der Waals surface area contributed by atoms with Crippen LogP contribution < -0.4 is 5.32 Å². The lowest BCUT2D eigenvalue weighted by molar-refractivity contribution is -0.221. The molecule has 52 heavy (non-hydrogen) atoms. The minimum Gasteiger partial charge on any atom is -0.430 e. The van der Waals surface area contributed by atoms with Crippen LogP contribution in [0.25, 0.3) is 0 Å². The summed E-state index contributed by atoms with van der Waals surface area (Å²) >= 11 is 0. The Bertz CT molecular complexity index is 1600. The van der Waals surface area contributed by atoms with Crippen LogP contribution >= 0.6 is 0 Å². The molecule has 0 bridgehead atoms. The Balaban J connectivity index is 1.10. The van der Waals surface area contributed by atoms with Gasteiger partial charge in [0.1, 0.15) is 9.84 Å². The SMILES string of the molecule is C=C(C)[C@@H]1CC[C@]2(NCCN3CCC(S(C)(=O)=O)CC3)CC[C@]3(C)[C@H](CC[C@@H]4[C@@]5(C)CC=C(C6=CCC(F)(OC=O)CC6)C(C)(C)[C@@H]5CC[C@]43C)[C@@H]12. The predicted octanol–water partition coefficient (Wildman–Crippen LogP) is 8.98. The van der Waals surface area contributed by atoms with Crippen LogP contribution in [0.3, 0.4) is 0 Å². The summed E-state index contributed by atoms with van der Waals surface area (Å²) in [5.74, 6) is 1.23. The molecular weight excluding hydrogens is 672 g/mol. The highest BCUT2D eigenvalue weighted by Crippen LogP contribution is 2.76. The molecule has 10 atom stereocenters. The summed E-state index contributed by atoms with van der Waals surface area (Å²) in [7, 11) is -2.95. The number of nitrogens with zero attached hydrogens (tertiary/aromatic N) is 1. The number of ether oxygens (including phenoxy) is 1. The third kappa shape index (κ3) is 6.05. The first-order valence-electron chi connectivity index (χ1n) is 20.9. The van der Waals surface area contributed by atoms with Crippen molar-refractivity contribution < 1.29 is 22.3 Å². The second-order valence-electron chi connectivity index (χ2n) is 20.2. The number of hydrogen-bond acceptors (Lipinski definition) is 6. The smallest absolute Gasteiger partial charge is 0.295 e. The van der Waals surface area contributed by atoms with Crippen LogP contribution in [-0.2, 0) is 19.4 Å². The van der Waals surface area contributed by atoms with E-state index in [1.54, 1.807) is 0 Å². The van der Waals surface area contributed by atoms with E-state index in [4.69, 9.17) is 4.74 Å². The normalized spacial score (nSPS) is 45.0. The van der Waals surface area contributed by atoms with Gasteiger partial charge in [-0.05, 0) is 159 Å². The van der Waals surface area contributed by atoms with E-state index in [1.807, 2.05) is 6.08 Å². The fraction of sp³-hybridized carbons (Fsp3) is 0.841. The van der Waals surface area contributed by atoms with Crippen molar-refractivity contribution in [3.63, 3.8) is 0 Å². The van der Waals surface area contributed by atoms with E-state index in [0.717, 1.165) is 45.4 Å². The fourth-order valence-corrected chi connectivity index (χ4v) is 15.9. The number of likely N-dealkylation sites (tertiary alicyclic amines) is 1. The van der Waals surface area contributed by atoms with Crippen LogP contribution in [0.15, 0.2) is 35.5 Å². The standard InChI is InChI=1S/C44H69FN2O4S/c1-30(2)33-13-20-43(46-25-28-47-26-16-32(17-27-47)52(8,49)50)24-23-41(6)35(38(33)43)9-10-37-40(5)18-14-34(31-11-21-44(45,22-12-31)51-29-48)39(3,4)36(40)15-19-42(37,41)7/h11,14,29,32-33,35-38,46H,1,9-10,12-13,15-28H2,2-8H3/t33-,35+,36-,37+,38+,40-,41+,42+,43-,44?/m0/s1. The fourth-order valence-electron chi connectivity index (χ4n) is 14.9. The Morgan fingerprint density at radius 1 is 0.942 bits per heavy atom. The van der Waals surface area contributed by atoms with Crippen molar-refractivity contribution in [3.05, 3.63) is 35.5 Å². The molecule has 6 nitrogen and oxygen atoms in total. The lowest BCUT2D eigenvalue weighted by Gasteiger charge is -2.72. The molecule has 292 valence electrons. The van der Waals surface area contributed by atoms with E-state index in [9.17, 15) is 13.2 Å². The third-order valence-electron chi connectivity index (χ3n) is 17.7. The average molecular weight is 741 g/mol. The molecule has 0 aromatic rings. The van der Waals surface area contributed by atoms with E-state index < -0.39 is 15.7 Å². The summed E-state index contributed by atoms with van der Waals surface area (Å²) in [5.41, 5.74) is 4.97. The molecule has 5 fully saturated rings. The molecule has 8 heteroatoms. The van der Waals surface area contributed by atoms with Crippen molar-refractivity contribution >= 4 is 16.3 Å². The number of sulfone groups is 1. The number of fused-ring (bicyclic) bond motifs is 7. The number of piperidine rings is 1. The molecule has 4 saturated carbocycles. The number of rotatable bonds is 9. The molecule has 0 amide bonds. The molecular formula is C44H69FN2O4S. The molecule has 1 aliphatic heterocycles. The highest BCUT2D eigenvalue weighted by atomic mass is 32.2. The molecule has 0 aromatic carbocycles. The maximum atomic E-state index is 15.0. The number of nitrogens with one attached hydrogen (secondary N) is 1. The zero-order chi connectivity index (χ0) is 37.5. The quantitative estimate of drug-likeness (QED) is 0.188. The first-order valence-corrected chi connectivity index (χ1v) is 22.8. The summed E-state index contributed by atoms with van der Waals surface area (Å²) in [6, 6.07) is 0. The van der Waals surface area contributed by atoms with Gasteiger partial charge in [0.2, 0.25) is 0 Å². The zero-order valence-corrected chi connectivity index (χ0v) is 34.3. The van der Waals surface area contributed by atoms with Gasteiger partial charge >= 0.3 is 0 Å². The summed E-state index contributed by atoms with van der Waals surface area (Å²) in [6.45, 7) is 23.9. The van der Waals surface area contributed by atoms with Gasteiger partial charge in [0, 0.05) is 37.7 Å². The van der Waals surface area contributed by atoms with Crippen LogP contribution in [0.5, 0.6) is 0 Å². The van der Waals surface area contributed by atoms with Crippen molar-refractivity contribution in [2.75, 3.05) is 32.4 Å². The van der Waals surface area contributed by atoms with Crippen molar-refractivity contribution in [1.29, 1.82) is 0 Å². The van der Waals surface area contributed by atoms with Gasteiger partial charge in [-0.25, -0.2) is 8.42 Å². The first-order chi connectivity index (χ1) is 24.3. The lowest BCUT2D eigenvalue weighted by atomic mass is 9.33. The second-order valence-corrected chi connectivity index (χ2v) is 22.5. The Hall–Kier alpha value is -1.51. The summed E-state index contributed by atoms with van der Waals surface area (Å²) in [5, 5.41) is 4.08. The van der Waals surface area contributed by atoms with Gasteiger partial charge in [0.15, 0.2) is 0 Å². The van der Waals surface area contributed by atoms with Crippen molar-refractivity contribution in [1.82, 2.24) is 10.2 Å². The highest BCUT2D eigenvalue weighted by molar-refractivity contribution is 7.91. The molecule has 1 unspecified atom stereocenters. The minimum atomic E-state index is -2.95. The van der Waals surface area contributed by atoms with E-state index in [1.165, 1.54) is 74.3 Å². The Kier molecular flexibility index (Phi) is 9.92. The molecule has 0 radical (unpaired) electrons. The maximum absolute atomic E-state index is 15.0. The van der Waals surface area contributed by atoms with Crippen molar-refractivity contribution in [2.45, 2.75) is 148 Å². The molecule has 0 spiro atoms. The number of allylic oxidation sites excluding steroid dienone is 4. The van der Waals surface area contributed by atoms with Gasteiger partial charge in [0.05, 0.1) is 5.25 Å². The van der Waals surface area contributed by atoms with Crippen LogP contribution in [0.1, 0.15) is 131 Å². The first kappa shape index (κ1) is 38.8. The van der Waals surface area contributed by atoms with Gasteiger partial charge in [-0.15, -0.1) is 0 Å². The van der Waals surface area contributed by atoms with E-state index >= 15 is 4.39 Å². The molecule has 0 aromatic heterocycles. The van der Waals surface area contributed by atoms with E-state index in [2.05, 4.69) is 64.4 Å². The molecule has 1 saturated heterocycles. The molecule has 7 rings (SSSR count). The summed E-state index contributed by atoms with van der Waals surface area (Å²) in [4.78, 5) is 13.4. The van der Waals surface area contributed by atoms with Gasteiger partial charge in [-0.3, -0.25) is 4.79 Å². The van der Waals surface area contributed by atoms with E-state index in [-0.39, 0.29) is 51.8 Å². The van der Waals surface area contributed by atoms with Crippen LogP contribution in [-0.4, -0.2) is 68.9 Å². The number of hydrogen-bond donors (Lipinski definition) is 1. The Morgan fingerprint density at radius 2 is 1.67 bits per heavy atom. The van der Waals surface area contributed by atoms with Gasteiger partial charge < -0.3 is 15.0 Å². The van der Waals surface area contributed by atoms with Gasteiger partial charge in [0.25, 0.3) is 12.3 Å². The zero-order valence-electron chi connectivity index (χ0n) is 33.5. The summed E-state index contributed by atoms with van der Waals surface area (Å²) in [6.07, 6.45) is 19.7. The van der Waals surface area contributed by atoms with E-state index in [0.29, 0.717) is 36.0 Å². The maximum Gasteiger partial charge on any atom is 0.295 e. The van der Waals surface area contributed by atoms with Crippen molar-refractivity contribution in [3.8, 4) is 0 Å². The third-order valence-corrected chi connectivity index (χ3v) is 19.4. The molecule has 1 heterocycles. The number of carbonyl (C=O) groups is 1. The summed E-state index contributed by atoms with van der Waals surface area (Å²) < 4.78 is 44.2. The Labute approximate surface area is 315 Å². The van der Waals surface area contributed by atoms with Gasteiger partial charge in [-0.2, -0.15) is 4.39 Å². The van der Waals surface area contributed by atoms with Crippen LogP contribution in [0.4, 0.5) is 4.39 Å². The molecule has 7 aliphatic rings. The van der Waals surface area contributed by atoms with Crippen LogP contribution in [0.2, 0.25) is 0 Å². The van der Waals surface area contributed by atoms with Crippen LogP contribution in [0, 0.1) is 51.2 Å². The number of halogens is 1. The number of alkyl halides is 1. The minimum absolute atomic E-state index is 0.00193. The van der Waals surface area contributed by atoms with Crippen molar-refractivity contribution in [2.24, 2.45) is 51.2 Å². The Morgan fingerprint density at radius 3 is 2.31 bits per heavy atom. The van der Waals surface area contributed by atoms with Gasteiger partial charge in [-0.1, -0.05) is 58.9 Å². The molecule has 6 aliphatic carbocycles. The lowest BCUT2D eigenvalue weighted by Crippen LogP contribution is -2.68.